The average molecular weight is 1470 g/mol. The Bertz CT molecular complexity index is 4680. The minimum atomic E-state index is -6.36. The molecule has 48 nitrogen and oxygen atoms in total. The molecule has 4 aliphatic rings. The summed E-state index contributed by atoms with van der Waals surface area (Å²) in [7, 11) is -28.7. The van der Waals surface area contributed by atoms with E-state index in [4.69, 9.17) is 64.5 Å². The van der Waals surface area contributed by atoms with Gasteiger partial charge in [-0.2, -0.15) is 13.6 Å². The number of rotatable bonds is 24. The first-order valence-corrected chi connectivity index (χ1v) is 34.5. The van der Waals surface area contributed by atoms with E-state index in [0.717, 1.165) is 49.9 Å². The van der Waals surface area contributed by atoms with Gasteiger partial charge in [-0.15, -0.1) is 0 Å². The standard InChI is InChI=1S/C41H51F2N20O28P5/c1-59-11-63(33-21(59)35(69)58-41(47)56-33)39-25(67)23(65)13(85-39)3-82-94(74,75)90-96(78,79)91-95(76,77)83-5-15-27(17(43)37(87-15)61-9-53-19-29(45)49-7-51-31(19)61)89-93(72,73)81-4-14-26(16(42)36(86-14)60-8-52-18-28(44)48-6-50-30(18)60)88-92(70,71)80-2-12-22(64)24(66)38(84-12)62-10-54-20-32(62)55-40(46)57-34(20)68/h6-17,22-27,36-39,64-67H,2-5H2,1H3,(H14-,44,45,46,47,48,49,50,51,55,56,57,58,68,69,70,71,72,73,74,75,76,77,78,79)/p+1/t12-,13-,14-,15-,16?,17?,22+,23+,24?,25?,26+,27+,36-,37-,38-,39-/m1/s1. The van der Waals surface area contributed by atoms with Crippen LogP contribution in [0.15, 0.2) is 47.6 Å². The monoisotopic (exact) mass is 1470 g/mol. The number of anilines is 4. The Hall–Kier alpha value is -6.83. The van der Waals surface area contributed by atoms with Crippen molar-refractivity contribution in [3.63, 3.8) is 0 Å². The van der Waals surface area contributed by atoms with Gasteiger partial charge in [-0.05, 0) is 0 Å². The summed E-state index contributed by atoms with van der Waals surface area (Å²) in [6.45, 7) is -5.29. The van der Waals surface area contributed by atoms with Crippen LogP contribution in [0.3, 0.4) is 0 Å². The molecule has 4 fully saturated rings. The third-order valence-corrected chi connectivity index (χ3v) is 21.1. The van der Waals surface area contributed by atoms with E-state index < -0.39 is 175 Å². The lowest BCUT2D eigenvalue weighted by Gasteiger charge is -2.25. The third-order valence-electron chi connectivity index (χ3n) is 14.8. The van der Waals surface area contributed by atoms with Gasteiger partial charge >= 0.3 is 44.8 Å². The number of aromatic nitrogens is 16. The fourth-order valence-electron chi connectivity index (χ4n) is 10.6. The average Bonchev–Trinajstić information content (AvgIpc) is 1.63. The summed E-state index contributed by atoms with van der Waals surface area (Å²) in [6, 6.07) is 0. The summed E-state index contributed by atoms with van der Waals surface area (Å²) in [4.78, 5) is 119. The largest absolute Gasteiger partial charge is 0.490 e. The molecule has 21 atom stereocenters. The number of nitrogens with two attached hydrogens (primary N) is 4. The van der Waals surface area contributed by atoms with Gasteiger partial charge in [0.05, 0.1) is 52.5 Å². The number of fused-ring (bicyclic) bond motifs is 4. The van der Waals surface area contributed by atoms with Crippen molar-refractivity contribution in [1.82, 2.24) is 73.1 Å². The first-order valence-electron chi connectivity index (χ1n) is 27.1. The van der Waals surface area contributed by atoms with Gasteiger partial charge in [0.25, 0.3) is 17.1 Å². The summed E-state index contributed by atoms with van der Waals surface area (Å²) in [5.74, 6) is -1.15. The van der Waals surface area contributed by atoms with Crippen LogP contribution in [0.2, 0.25) is 0 Å². The number of phosphoric acid groups is 5. The molecule has 0 spiro atoms. The maximum atomic E-state index is 17.0. The van der Waals surface area contributed by atoms with Gasteiger partial charge in [-0.25, -0.2) is 71.1 Å². The van der Waals surface area contributed by atoms with Gasteiger partial charge in [0.2, 0.25) is 17.7 Å². The Labute approximate surface area is 528 Å². The summed E-state index contributed by atoms with van der Waals surface area (Å²) in [5, 5.41) is 43.4. The van der Waals surface area contributed by atoms with E-state index in [2.05, 4.69) is 68.0 Å². The second-order valence-corrected chi connectivity index (χ2v) is 28.6. The predicted molar refractivity (Wildman–Crippen MR) is 302 cm³/mol. The molecule has 0 amide bonds. The number of nitrogens with zero attached hydrogens (tertiary/aromatic N) is 14. The number of hydrogen-bond donors (Lipinski definition) is 15. The number of halogens is 2. The Morgan fingerprint density at radius 2 is 0.958 bits per heavy atom. The summed E-state index contributed by atoms with van der Waals surface area (Å²) >= 11 is 0. The van der Waals surface area contributed by atoms with E-state index in [1.165, 1.54) is 17.9 Å². The van der Waals surface area contributed by atoms with Gasteiger partial charge < -0.3 is 86.8 Å². The van der Waals surface area contributed by atoms with Crippen molar-refractivity contribution < 1.29 is 136 Å². The van der Waals surface area contributed by atoms with Gasteiger partial charge in [0.1, 0.15) is 84.7 Å². The molecule has 0 saturated carbocycles. The Balaban J connectivity index is 0.726. The molecule has 522 valence electrons. The zero-order valence-electron chi connectivity index (χ0n) is 47.9. The predicted octanol–water partition coefficient (Wildman–Crippen LogP) is -4.23. The van der Waals surface area contributed by atoms with Crippen LogP contribution in [-0.2, 0) is 84.6 Å². The molecule has 0 radical (unpaired) electrons. The number of aromatic amines is 2. The zero-order chi connectivity index (χ0) is 69.0. The molecule has 8 aromatic rings. The van der Waals surface area contributed by atoms with Gasteiger partial charge in [0.15, 0.2) is 71.4 Å². The van der Waals surface area contributed by atoms with Crippen molar-refractivity contribution in [3.8, 4) is 0 Å². The number of aryl methyl sites for hydroxylation is 1. The van der Waals surface area contributed by atoms with Crippen LogP contribution in [-0.4, -0.2) is 218 Å². The SMILES string of the molecule is Cn1c[n+]([C@@H]2O[C@H](COP(=O)(O)OP(=O)(O)OP(=O)(O)OC[C@H]3O[C@@H](n4cnc5c(N)ncnc54)C(F)[C@H]3OP(=O)(O)OC[C@H]3O[C@@H](n4cnc5c(N)ncnc54)C(F)[C@H]3OP(=O)(O)OC[C@H]3O[C@@H](n4cnc5c(=O)[nH]c(N)nc54)C(O)[C@H]3O)[C@H](O)C2O)c2nc(N)[nH]c(=O)c21. The minimum Gasteiger partial charge on any atom is -0.387 e. The van der Waals surface area contributed by atoms with Crippen LogP contribution >= 0.6 is 39.1 Å². The fraction of sp³-hybridized carbons (Fsp3) is 0.512. The maximum absolute atomic E-state index is 17.0. The molecule has 0 aromatic carbocycles. The van der Waals surface area contributed by atoms with E-state index in [-0.39, 0.29) is 68.2 Å². The number of nitrogen functional groups attached to an aromatic ring is 4. The first-order chi connectivity index (χ1) is 45.1. The second-order valence-electron chi connectivity index (χ2n) is 21.1. The number of alkyl halides is 2. The van der Waals surface area contributed by atoms with Crippen molar-refractivity contribution in [2.75, 3.05) is 49.4 Å². The van der Waals surface area contributed by atoms with Crippen LogP contribution in [0.4, 0.5) is 32.3 Å². The summed E-state index contributed by atoms with van der Waals surface area (Å²) in [5.41, 5.74) is 20.3. The molecule has 0 aliphatic carbocycles. The highest BCUT2D eigenvalue weighted by Crippen LogP contribution is 2.68. The number of hydrogen-bond acceptors (Lipinski definition) is 36. The van der Waals surface area contributed by atoms with Crippen LogP contribution in [0.1, 0.15) is 24.9 Å². The topological polar surface area (TPSA) is 688 Å². The van der Waals surface area contributed by atoms with Crippen LogP contribution < -0.4 is 38.6 Å². The summed E-state index contributed by atoms with van der Waals surface area (Å²) < 4.78 is 167. The van der Waals surface area contributed by atoms with Crippen LogP contribution in [0.25, 0.3) is 44.7 Å². The lowest BCUT2D eigenvalue weighted by Crippen LogP contribution is -2.46. The molecule has 4 aliphatic heterocycles. The lowest BCUT2D eigenvalue weighted by atomic mass is 10.1. The molecule has 9 unspecified atom stereocenters. The Kier molecular flexibility index (Phi) is 18.6. The number of H-pyrrole nitrogens is 2. The quantitative estimate of drug-likeness (QED) is 0.0201. The van der Waals surface area contributed by atoms with Crippen molar-refractivity contribution in [2.45, 2.75) is 98.3 Å². The van der Waals surface area contributed by atoms with E-state index in [0.29, 0.717) is 0 Å². The van der Waals surface area contributed by atoms with Gasteiger partial charge in [0, 0.05) is 0 Å². The van der Waals surface area contributed by atoms with E-state index in [1.54, 1.807) is 0 Å². The molecule has 0 bridgehead atoms. The smallest absolute Gasteiger partial charge is 0.387 e. The number of aliphatic hydroxyl groups excluding tert-OH is 4. The fourth-order valence-corrected chi connectivity index (χ4v) is 16.0. The van der Waals surface area contributed by atoms with Gasteiger partial charge in [-0.3, -0.25) is 65.0 Å². The molecular weight excluding hydrogens is 1410 g/mol. The Morgan fingerprint density at radius 3 is 1.48 bits per heavy atom. The second kappa shape index (κ2) is 25.8. The molecule has 4 saturated heterocycles. The van der Waals surface area contributed by atoms with Crippen molar-refractivity contribution in [3.05, 3.63) is 58.7 Å². The number of nitrogens with one attached hydrogen (secondary N) is 2. The van der Waals surface area contributed by atoms with Crippen LogP contribution in [0.5, 0.6) is 0 Å². The number of imidazole rings is 4. The normalized spacial score (nSPS) is 31.1. The van der Waals surface area contributed by atoms with Crippen LogP contribution in [0, 0.1) is 0 Å². The van der Waals surface area contributed by atoms with Gasteiger partial charge in [-0.1, -0.05) is 4.98 Å². The maximum Gasteiger partial charge on any atom is 0.490 e. The van der Waals surface area contributed by atoms with E-state index in [1.807, 2.05) is 0 Å². The van der Waals surface area contributed by atoms with E-state index >= 15 is 8.78 Å². The molecule has 12 heterocycles. The molecule has 12 rings (SSSR count). The first kappa shape index (κ1) is 69.1. The molecule has 55 heteroatoms. The van der Waals surface area contributed by atoms with Crippen molar-refractivity contribution in [2.24, 2.45) is 7.05 Å². The number of phosphoric ester groups is 4. The highest BCUT2D eigenvalue weighted by molar-refractivity contribution is 7.66. The molecule has 19 N–H and O–H groups in total. The highest BCUT2D eigenvalue weighted by Gasteiger charge is 2.56. The molecular formula is C41H52F2N20O28P5+. The third kappa shape index (κ3) is 13.6. The molecule has 8 aromatic heterocycles. The van der Waals surface area contributed by atoms with Crippen molar-refractivity contribution >= 4 is 107 Å². The van der Waals surface area contributed by atoms with E-state index in [9.17, 15) is 77.3 Å². The molecule has 96 heavy (non-hydrogen) atoms. The lowest BCUT2D eigenvalue weighted by molar-refractivity contribution is -0.745. The van der Waals surface area contributed by atoms with Crippen molar-refractivity contribution in [1.29, 1.82) is 0 Å². The Morgan fingerprint density at radius 1 is 0.531 bits per heavy atom. The highest BCUT2D eigenvalue weighted by atomic mass is 31.3. The zero-order valence-corrected chi connectivity index (χ0v) is 52.3. The minimum absolute atomic E-state index is 0.0647. The number of aliphatic hydroxyl groups is 4. The summed E-state index contributed by atoms with van der Waals surface area (Å²) in [6.07, 6.45) is -27.0. The number of ether oxygens (including phenoxy) is 4.